The fourth-order valence-corrected chi connectivity index (χ4v) is 5.00. The van der Waals surface area contributed by atoms with Gasteiger partial charge in [-0.25, -0.2) is 0 Å². The molecule has 0 saturated heterocycles. The SMILES string of the molecule is COCCC1=C(c2ccccc2)C(=C(C)C)C1(c1ccccc1)c1ccc(Cl)cc1. The topological polar surface area (TPSA) is 9.23 Å². The molecule has 0 heterocycles. The molecular weight excluding hydrogens is 388 g/mol. The summed E-state index contributed by atoms with van der Waals surface area (Å²) >= 11 is 6.27. The Balaban J connectivity index is 2.08. The van der Waals surface area contributed by atoms with Crippen molar-refractivity contribution in [2.75, 3.05) is 13.7 Å². The molecule has 0 aromatic heterocycles. The van der Waals surface area contributed by atoms with Crippen molar-refractivity contribution in [1.29, 1.82) is 0 Å². The second-order valence-electron chi connectivity index (χ2n) is 7.96. The molecule has 4 rings (SSSR count). The Hall–Kier alpha value is -2.61. The molecule has 30 heavy (non-hydrogen) atoms. The Kier molecular flexibility index (Phi) is 5.94. The van der Waals surface area contributed by atoms with E-state index in [2.05, 4.69) is 86.6 Å². The first-order chi connectivity index (χ1) is 14.6. The van der Waals surface area contributed by atoms with Gasteiger partial charge in [0.05, 0.1) is 5.41 Å². The number of rotatable bonds is 6. The monoisotopic (exact) mass is 414 g/mol. The molecule has 1 unspecified atom stereocenters. The van der Waals surface area contributed by atoms with E-state index >= 15 is 0 Å². The number of allylic oxidation sites excluding steroid dienone is 3. The van der Waals surface area contributed by atoms with E-state index in [0.29, 0.717) is 6.61 Å². The lowest BCUT2D eigenvalue weighted by atomic mass is 9.51. The van der Waals surface area contributed by atoms with Gasteiger partial charge in [-0.3, -0.25) is 0 Å². The normalized spacial score (nSPS) is 18.3. The Bertz CT molecular complexity index is 1070. The van der Waals surface area contributed by atoms with E-state index in [1.165, 1.54) is 39.0 Å². The van der Waals surface area contributed by atoms with Crippen molar-refractivity contribution in [3.05, 3.63) is 123 Å². The summed E-state index contributed by atoms with van der Waals surface area (Å²) in [4.78, 5) is 0. The summed E-state index contributed by atoms with van der Waals surface area (Å²) in [5.74, 6) is 0. The number of halogens is 1. The fraction of sp³-hybridized carbons (Fsp3) is 0.214. The van der Waals surface area contributed by atoms with E-state index < -0.39 is 0 Å². The van der Waals surface area contributed by atoms with Gasteiger partial charge in [0.25, 0.3) is 0 Å². The molecule has 1 atom stereocenters. The molecule has 1 aliphatic carbocycles. The largest absolute Gasteiger partial charge is 0.384 e. The Labute approximate surface area is 184 Å². The van der Waals surface area contributed by atoms with Gasteiger partial charge in [0.2, 0.25) is 0 Å². The van der Waals surface area contributed by atoms with Crippen LogP contribution in [0.15, 0.2) is 102 Å². The van der Waals surface area contributed by atoms with Crippen LogP contribution in [0.25, 0.3) is 5.57 Å². The van der Waals surface area contributed by atoms with Crippen LogP contribution in [-0.4, -0.2) is 13.7 Å². The zero-order valence-corrected chi connectivity index (χ0v) is 18.5. The lowest BCUT2D eigenvalue weighted by Crippen LogP contribution is -2.42. The van der Waals surface area contributed by atoms with Crippen molar-refractivity contribution in [3.63, 3.8) is 0 Å². The van der Waals surface area contributed by atoms with E-state index in [1.807, 2.05) is 12.1 Å². The third kappa shape index (κ3) is 3.33. The summed E-state index contributed by atoms with van der Waals surface area (Å²) < 4.78 is 5.54. The van der Waals surface area contributed by atoms with Crippen molar-refractivity contribution in [2.45, 2.75) is 25.7 Å². The molecule has 0 amide bonds. The third-order valence-electron chi connectivity index (χ3n) is 5.98. The number of benzene rings is 3. The molecule has 0 saturated carbocycles. The van der Waals surface area contributed by atoms with Crippen LogP contribution in [0.1, 0.15) is 37.0 Å². The van der Waals surface area contributed by atoms with E-state index in [0.717, 1.165) is 11.4 Å². The Morgan fingerprint density at radius 1 is 0.800 bits per heavy atom. The van der Waals surface area contributed by atoms with Gasteiger partial charge >= 0.3 is 0 Å². The van der Waals surface area contributed by atoms with Crippen molar-refractivity contribution >= 4 is 17.2 Å². The second-order valence-corrected chi connectivity index (χ2v) is 8.40. The molecule has 2 heteroatoms. The fourth-order valence-electron chi connectivity index (χ4n) is 4.87. The predicted molar refractivity (Wildman–Crippen MR) is 127 cm³/mol. The summed E-state index contributed by atoms with van der Waals surface area (Å²) in [5.41, 5.74) is 8.97. The van der Waals surface area contributed by atoms with Crippen LogP contribution in [0.4, 0.5) is 0 Å². The lowest BCUT2D eigenvalue weighted by molar-refractivity contribution is 0.199. The number of methoxy groups -OCH3 is 1. The van der Waals surface area contributed by atoms with Gasteiger partial charge in [-0.2, -0.15) is 0 Å². The Morgan fingerprint density at radius 2 is 1.37 bits per heavy atom. The average Bonchev–Trinajstić information content (AvgIpc) is 2.76. The van der Waals surface area contributed by atoms with Crippen LogP contribution in [0, 0.1) is 0 Å². The van der Waals surface area contributed by atoms with Crippen molar-refractivity contribution in [2.24, 2.45) is 0 Å². The zero-order valence-electron chi connectivity index (χ0n) is 17.8. The van der Waals surface area contributed by atoms with E-state index in [-0.39, 0.29) is 5.41 Å². The predicted octanol–water partition coefficient (Wildman–Crippen LogP) is 7.47. The van der Waals surface area contributed by atoms with E-state index in [4.69, 9.17) is 16.3 Å². The van der Waals surface area contributed by atoms with Gasteiger partial charge in [-0.1, -0.05) is 90.0 Å². The highest BCUT2D eigenvalue weighted by molar-refractivity contribution is 6.30. The highest BCUT2D eigenvalue weighted by atomic mass is 35.5. The Morgan fingerprint density at radius 3 is 1.93 bits per heavy atom. The summed E-state index contributed by atoms with van der Waals surface area (Å²) in [5, 5.41) is 0.755. The molecule has 152 valence electrons. The van der Waals surface area contributed by atoms with Crippen LogP contribution in [0.5, 0.6) is 0 Å². The first-order valence-corrected chi connectivity index (χ1v) is 10.8. The first-order valence-electron chi connectivity index (χ1n) is 10.4. The molecule has 0 radical (unpaired) electrons. The molecule has 0 aliphatic heterocycles. The summed E-state index contributed by atoms with van der Waals surface area (Å²) in [7, 11) is 1.77. The van der Waals surface area contributed by atoms with Gasteiger partial charge in [-0.15, -0.1) is 0 Å². The smallest absolute Gasteiger partial charge is 0.0676 e. The molecule has 1 nitrogen and oxygen atoms in total. The summed E-state index contributed by atoms with van der Waals surface area (Å²) in [6.07, 6.45) is 0.870. The first kappa shape index (κ1) is 20.7. The van der Waals surface area contributed by atoms with Gasteiger partial charge in [0, 0.05) is 18.7 Å². The van der Waals surface area contributed by atoms with Crippen molar-refractivity contribution in [1.82, 2.24) is 0 Å². The maximum Gasteiger partial charge on any atom is 0.0676 e. The molecule has 0 N–H and O–H groups in total. The minimum atomic E-state index is -0.297. The maximum atomic E-state index is 6.27. The van der Waals surface area contributed by atoms with Crippen molar-refractivity contribution in [3.8, 4) is 0 Å². The molecule has 0 bridgehead atoms. The average molecular weight is 415 g/mol. The van der Waals surface area contributed by atoms with Crippen LogP contribution in [-0.2, 0) is 10.2 Å². The second kappa shape index (κ2) is 8.63. The molecule has 3 aromatic rings. The van der Waals surface area contributed by atoms with Crippen LogP contribution in [0.3, 0.4) is 0 Å². The molecule has 1 aliphatic rings. The van der Waals surface area contributed by atoms with Gasteiger partial charge < -0.3 is 4.74 Å². The molecule has 3 aromatic carbocycles. The highest BCUT2D eigenvalue weighted by Gasteiger charge is 2.52. The quantitative estimate of drug-likeness (QED) is 0.406. The van der Waals surface area contributed by atoms with Gasteiger partial charge in [0.1, 0.15) is 0 Å². The van der Waals surface area contributed by atoms with E-state index in [1.54, 1.807) is 7.11 Å². The zero-order chi connectivity index (χ0) is 21.1. The van der Waals surface area contributed by atoms with Gasteiger partial charge in [-0.05, 0) is 65.8 Å². The van der Waals surface area contributed by atoms with E-state index in [9.17, 15) is 0 Å². The highest BCUT2D eigenvalue weighted by Crippen LogP contribution is 2.62. The maximum absolute atomic E-state index is 6.27. The minimum Gasteiger partial charge on any atom is -0.384 e. The number of hydrogen-bond donors (Lipinski definition) is 0. The molecule has 0 spiro atoms. The number of hydrogen-bond acceptors (Lipinski definition) is 1. The lowest BCUT2D eigenvalue weighted by Gasteiger charge is -2.51. The minimum absolute atomic E-state index is 0.297. The van der Waals surface area contributed by atoms with Crippen LogP contribution in [0.2, 0.25) is 5.02 Å². The summed E-state index contributed by atoms with van der Waals surface area (Å²) in [6.45, 7) is 5.13. The van der Waals surface area contributed by atoms with Crippen LogP contribution < -0.4 is 0 Å². The standard InChI is InChI=1S/C28H27ClO/c1-20(2)27-26(21-10-6-4-7-11-21)25(18-19-30-3)28(27,22-12-8-5-9-13-22)23-14-16-24(29)17-15-23/h4-17H,18-19H2,1-3H3. The van der Waals surface area contributed by atoms with Crippen LogP contribution >= 0.6 is 11.6 Å². The van der Waals surface area contributed by atoms with Crippen molar-refractivity contribution < 1.29 is 4.74 Å². The molecular formula is C28H27ClO. The van der Waals surface area contributed by atoms with Gasteiger partial charge in [0.15, 0.2) is 0 Å². The summed E-state index contributed by atoms with van der Waals surface area (Å²) in [6, 6.07) is 29.9. The number of ether oxygens (including phenoxy) is 1. The third-order valence-corrected chi connectivity index (χ3v) is 6.23. The molecule has 0 fully saturated rings.